The third-order valence-electron chi connectivity index (χ3n) is 2.24. The van der Waals surface area contributed by atoms with Crippen LogP contribution in [-0.4, -0.2) is 5.97 Å². The molecule has 0 aliphatic carbocycles. The van der Waals surface area contributed by atoms with E-state index in [-0.39, 0.29) is 18.9 Å². The minimum absolute atomic E-state index is 0. The Morgan fingerprint density at radius 1 is 1.36 bits per heavy atom. The van der Waals surface area contributed by atoms with Crippen LogP contribution in [0.5, 0.6) is 0 Å². The number of carbonyl (C=O) groups is 1. The van der Waals surface area contributed by atoms with Gasteiger partial charge in [-0.2, -0.15) is 0 Å². The second kappa shape index (κ2) is 5.90. The molecule has 0 saturated heterocycles. The van der Waals surface area contributed by atoms with E-state index in [0.717, 1.165) is 12.0 Å². The van der Waals surface area contributed by atoms with Crippen molar-refractivity contribution in [1.29, 1.82) is 0 Å². The number of hydrogen-bond acceptors (Lipinski definition) is 2. The molecular weight excluding hydrogens is 171 g/mol. The van der Waals surface area contributed by atoms with Crippen molar-refractivity contribution in [1.82, 2.24) is 0 Å². The molecule has 0 fully saturated rings. The maximum Gasteiger partial charge on any atom is 1.00 e. The molecule has 1 rings (SSSR count). The van der Waals surface area contributed by atoms with Gasteiger partial charge in [-0.25, -0.2) is 0 Å². The van der Waals surface area contributed by atoms with Gasteiger partial charge >= 0.3 is 18.9 Å². The fraction of sp³-hybridized carbons (Fsp3) is 0.364. The van der Waals surface area contributed by atoms with Gasteiger partial charge < -0.3 is 9.90 Å². The van der Waals surface area contributed by atoms with Gasteiger partial charge in [0.15, 0.2) is 0 Å². The van der Waals surface area contributed by atoms with Gasteiger partial charge in [0.25, 0.3) is 0 Å². The SMILES string of the molecule is CCc1ccc(C(C)C(=O)[O-])cc1.[Li+]. The molecule has 0 aliphatic rings. The summed E-state index contributed by atoms with van der Waals surface area (Å²) in [7, 11) is 0. The van der Waals surface area contributed by atoms with Gasteiger partial charge in [-0.05, 0) is 17.5 Å². The first-order valence-corrected chi connectivity index (χ1v) is 4.44. The molecule has 0 amide bonds. The van der Waals surface area contributed by atoms with Gasteiger partial charge in [0.1, 0.15) is 0 Å². The molecule has 0 N–H and O–H groups in total. The Bertz CT molecular complexity index is 293. The van der Waals surface area contributed by atoms with Crippen molar-refractivity contribution in [2.75, 3.05) is 0 Å². The van der Waals surface area contributed by atoms with Gasteiger partial charge in [0.2, 0.25) is 0 Å². The number of carboxylic acid groups (broad SMARTS) is 1. The molecule has 70 valence electrons. The Labute approximate surface area is 96.5 Å². The van der Waals surface area contributed by atoms with Crippen molar-refractivity contribution in [3.8, 4) is 0 Å². The van der Waals surface area contributed by atoms with Gasteiger partial charge in [-0.15, -0.1) is 0 Å². The third kappa shape index (κ3) is 3.21. The normalized spacial score (nSPS) is 11.6. The third-order valence-corrected chi connectivity index (χ3v) is 2.24. The van der Waals surface area contributed by atoms with Crippen LogP contribution in [0.4, 0.5) is 0 Å². The van der Waals surface area contributed by atoms with Gasteiger partial charge in [-0.3, -0.25) is 0 Å². The Hall–Kier alpha value is -0.713. The van der Waals surface area contributed by atoms with E-state index in [1.54, 1.807) is 6.92 Å². The Balaban J connectivity index is 0.00000169. The van der Waals surface area contributed by atoms with Crippen LogP contribution in [0, 0.1) is 0 Å². The van der Waals surface area contributed by atoms with Crippen LogP contribution >= 0.6 is 0 Å². The molecule has 0 saturated carbocycles. The molecule has 2 nitrogen and oxygen atoms in total. The molecule has 0 heterocycles. The Morgan fingerprint density at radius 3 is 2.21 bits per heavy atom. The minimum atomic E-state index is -1.02. The predicted molar refractivity (Wildman–Crippen MR) is 49.2 cm³/mol. The quantitative estimate of drug-likeness (QED) is 0.515. The average Bonchev–Trinajstić information content (AvgIpc) is 2.17. The summed E-state index contributed by atoms with van der Waals surface area (Å²) in [6, 6.07) is 7.60. The van der Waals surface area contributed by atoms with E-state index >= 15 is 0 Å². The van der Waals surface area contributed by atoms with Crippen molar-refractivity contribution >= 4 is 5.97 Å². The molecule has 0 aliphatic heterocycles. The summed E-state index contributed by atoms with van der Waals surface area (Å²) in [6.07, 6.45) is 0.972. The van der Waals surface area contributed by atoms with Gasteiger partial charge in [0, 0.05) is 11.9 Å². The topological polar surface area (TPSA) is 40.1 Å². The van der Waals surface area contributed by atoms with E-state index in [4.69, 9.17) is 0 Å². The molecule has 0 bridgehead atoms. The summed E-state index contributed by atoms with van der Waals surface area (Å²) in [5, 5.41) is 10.5. The van der Waals surface area contributed by atoms with Crippen molar-refractivity contribution in [2.45, 2.75) is 26.2 Å². The molecule has 0 spiro atoms. The van der Waals surface area contributed by atoms with Crippen LogP contribution in [0.25, 0.3) is 0 Å². The maximum atomic E-state index is 10.5. The number of carboxylic acids is 1. The van der Waals surface area contributed by atoms with Crippen LogP contribution in [0.15, 0.2) is 24.3 Å². The summed E-state index contributed by atoms with van der Waals surface area (Å²) in [4.78, 5) is 10.5. The number of hydrogen-bond donors (Lipinski definition) is 0. The fourth-order valence-electron chi connectivity index (χ4n) is 1.18. The van der Waals surface area contributed by atoms with Crippen molar-refractivity contribution < 1.29 is 28.8 Å². The van der Waals surface area contributed by atoms with Crippen molar-refractivity contribution in [2.24, 2.45) is 0 Å². The number of aliphatic carboxylic acids is 1. The number of carbonyl (C=O) groups excluding carboxylic acids is 1. The van der Waals surface area contributed by atoms with Gasteiger partial charge in [0.05, 0.1) is 0 Å². The van der Waals surface area contributed by atoms with Crippen LogP contribution in [-0.2, 0) is 11.2 Å². The number of aryl methyl sites for hydroxylation is 1. The largest absolute Gasteiger partial charge is 1.00 e. The molecule has 0 radical (unpaired) electrons. The molecule has 1 unspecified atom stereocenters. The van der Waals surface area contributed by atoms with E-state index < -0.39 is 11.9 Å². The summed E-state index contributed by atoms with van der Waals surface area (Å²) in [6.45, 7) is 3.70. The van der Waals surface area contributed by atoms with E-state index in [1.807, 2.05) is 24.3 Å². The maximum absolute atomic E-state index is 10.5. The molecule has 3 heteroatoms. The molecule has 1 atom stereocenters. The predicted octanol–water partition coefficient (Wildman–Crippen LogP) is -1.89. The number of benzene rings is 1. The molecule has 14 heavy (non-hydrogen) atoms. The van der Waals surface area contributed by atoms with Crippen LogP contribution in [0.3, 0.4) is 0 Å². The van der Waals surface area contributed by atoms with Crippen LogP contribution in [0.1, 0.15) is 30.9 Å². The second-order valence-electron chi connectivity index (χ2n) is 3.14. The van der Waals surface area contributed by atoms with E-state index in [1.165, 1.54) is 5.56 Å². The first kappa shape index (κ1) is 13.3. The van der Waals surface area contributed by atoms with Gasteiger partial charge in [-0.1, -0.05) is 38.1 Å². The van der Waals surface area contributed by atoms with Crippen LogP contribution < -0.4 is 24.0 Å². The zero-order valence-corrected chi connectivity index (χ0v) is 8.91. The summed E-state index contributed by atoms with van der Waals surface area (Å²) in [5.74, 6) is -1.55. The van der Waals surface area contributed by atoms with E-state index in [0.29, 0.717) is 0 Å². The van der Waals surface area contributed by atoms with Crippen molar-refractivity contribution in [3.05, 3.63) is 35.4 Å². The molecular formula is C11H13LiO2. The number of rotatable bonds is 3. The van der Waals surface area contributed by atoms with E-state index in [2.05, 4.69) is 6.92 Å². The summed E-state index contributed by atoms with van der Waals surface area (Å²) in [5.41, 5.74) is 2.02. The second-order valence-corrected chi connectivity index (χ2v) is 3.14. The first-order chi connectivity index (χ1) is 6.15. The van der Waals surface area contributed by atoms with Crippen molar-refractivity contribution in [3.63, 3.8) is 0 Å². The standard InChI is InChI=1S/C11H14O2.Li/c1-3-9-4-6-10(7-5-9)8(2)11(12)13;/h4-8H,3H2,1-2H3,(H,12,13);/q;+1/p-1. The monoisotopic (exact) mass is 184 g/mol. The Morgan fingerprint density at radius 2 is 1.86 bits per heavy atom. The zero-order valence-electron chi connectivity index (χ0n) is 8.91. The average molecular weight is 184 g/mol. The summed E-state index contributed by atoms with van der Waals surface area (Å²) >= 11 is 0. The molecule has 1 aromatic carbocycles. The van der Waals surface area contributed by atoms with Crippen LogP contribution in [0.2, 0.25) is 0 Å². The first-order valence-electron chi connectivity index (χ1n) is 4.44. The Kier molecular flexibility index (Phi) is 5.60. The zero-order chi connectivity index (χ0) is 9.84. The smallest absolute Gasteiger partial charge is 0.550 e. The fourth-order valence-corrected chi connectivity index (χ4v) is 1.18. The minimum Gasteiger partial charge on any atom is -0.550 e. The van der Waals surface area contributed by atoms with E-state index in [9.17, 15) is 9.90 Å². The molecule has 1 aromatic rings. The summed E-state index contributed by atoms with van der Waals surface area (Å²) < 4.78 is 0. The molecule has 0 aromatic heterocycles.